The summed E-state index contributed by atoms with van der Waals surface area (Å²) in [4.78, 5) is 37.3. The van der Waals surface area contributed by atoms with Gasteiger partial charge in [0.15, 0.2) is 29.6 Å². The van der Waals surface area contributed by atoms with Crippen molar-refractivity contribution in [1.82, 2.24) is 16.1 Å². The van der Waals surface area contributed by atoms with Crippen LogP contribution in [0, 0.1) is 6.92 Å². The van der Waals surface area contributed by atoms with Gasteiger partial charge in [0.05, 0.1) is 43.7 Å². The first-order valence-electron chi connectivity index (χ1n) is 14.3. The maximum Gasteiger partial charge on any atom is 0.338 e. The Labute approximate surface area is 271 Å². The molecule has 3 amide bonds. The van der Waals surface area contributed by atoms with E-state index in [1.54, 1.807) is 44.2 Å². The monoisotopic (exact) mass is 650 g/mol. The Kier molecular flexibility index (Phi) is 11.5. The molecule has 1 aliphatic heterocycles. The third-order valence-corrected chi connectivity index (χ3v) is 7.08. The number of allylic oxidation sites excluding steroid dienone is 1. The van der Waals surface area contributed by atoms with Crippen molar-refractivity contribution >= 4 is 35.7 Å². The first-order valence-corrected chi connectivity index (χ1v) is 14.6. The number of halogens is 1. The lowest BCUT2D eigenvalue weighted by atomic mass is 9.95. The van der Waals surface area contributed by atoms with Crippen LogP contribution in [0.4, 0.5) is 4.79 Å². The smallest absolute Gasteiger partial charge is 0.338 e. The highest BCUT2D eigenvalue weighted by Gasteiger charge is 2.32. The van der Waals surface area contributed by atoms with Crippen LogP contribution in [0.2, 0.25) is 5.02 Å². The van der Waals surface area contributed by atoms with Crippen molar-refractivity contribution in [1.29, 1.82) is 0 Å². The van der Waals surface area contributed by atoms with Crippen molar-refractivity contribution in [2.24, 2.45) is 5.10 Å². The minimum Gasteiger partial charge on any atom is -0.493 e. The quantitative estimate of drug-likeness (QED) is 0.134. The highest BCUT2D eigenvalue weighted by molar-refractivity contribution is 6.32. The molecule has 3 aromatic rings. The van der Waals surface area contributed by atoms with Gasteiger partial charge in [-0.2, -0.15) is 5.10 Å². The number of hydrogen-bond acceptors (Lipinski definition) is 9. The maximum absolute atomic E-state index is 12.6. The Balaban J connectivity index is 1.37. The molecule has 0 saturated carbocycles. The molecule has 12 nitrogen and oxygen atoms in total. The standard InChI is InChI=1S/C33H35ClN4O8/c1-6-44-32(40)29-20(3)36-33(41)37-30(29)23-11-12-25(26(15-23)42-4)45-18-28(39)38-35-16-22-13-24(34)31(27(14-22)43-5)46-17-21-9-7-19(2)8-10-21/h7-16,30H,6,17-18H2,1-5H3,(H,38,39)(H2,36,37,41)/b35-16-/t30-/m1/s1. The van der Waals surface area contributed by atoms with Gasteiger partial charge in [0, 0.05) is 5.70 Å². The van der Waals surface area contributed by atoms with Gasteiger partial charge in [-0.25, -0.2) is 15.0 Å². The second-order valence-electron chi connectivity index (χ2n) is 10.1. The second kappa shape index (κ2) is 15.7. The van der Waals surface area contributed by atoms with Crippen LogP contribution < -0.4 is 35.0 Å². The van der Waals surface area contributed by atoms with Crippen LogP contribution in [-0.4, -0.2) is 51.6 Å². The van der Waals surface area contributed by atoms with Crippen LogP contribution in [-0.2, 0) is 20.9 Å². The van der Waals surface area contributed by atoms with Crippen molar-refractivity contribution in [3.63, 3.8) is 0 Å². The Morgan fingerprint density at radius 3 is 2.41 bits per heavy atom. The van der Waals surface area contributed by atoms with E-state index in [-0.39, 0.29) is 30.3 Å². The molecular formula is C33H35ClN4O8. The number of hydrogen-bond donors (Lipinski definition) is 3. The fourth-order valence-electron chi connectivity index (χ4n) is 4.55. The van der Waals surface area contributed by atoms with E-state index in [0.29, 0.717) is 40.0 Å². The van der Waals surface area contributed by atoms with Crippen LogP contribution in [0.25, 0.3) is 0 Å². The molecule has 0 bridgehead atoms. The van der Waals surface area contributed by atoms with Gasteiger partial charge in [0.1, 0.15) is 6.61 Å². The zero-order valence-corrected chi connectivity index (χ0v) is 26.8. The van der Waals surface area contributed by atoms with Gasteiger partial charge in [-0.3, -0.25) is 4.79 Å². The minimum absolute atomic E-state index is 0.177. The number of aryl methyl sites for hydroxylation is 1. The highest BCUT2D eigenvalue weighted by atomic mass is 35.5. The van der Waals surface area contributed by atoms with Crippen molar-refractivity contribution in [3.05, 3.63) is 93.1 Å². The molecule has 0 saturated heterocycles. The molecule has 0 unspecified atom stereocenters. The van der Waals surface area contributed by atoms with E-state index in [2.05, 4.69) is 21.2 Å². The molecule has 3 N–H and O–H groups in total. The number of esters is 1. The molecule has 3 aromatic carbocycles. The van der Waals surface area contributed by atoms with E-state index in [4.69, 9.17) is 35.3 Å². The molecule has 242 valence electrons. The number of rotatable bonds is 13. The summed E-state index contributed by atoms with van der Waals surface area (Å²) >= 11 is 6.47. The van der Waals surface area contributed by atoms with Gasteiger partial charge in [0.25, 0.3) is 5.91 Å². The number of methoxy groups -OCH3 is 2. The molecule has 4 rings (SSSR count). The van der Waals surface area contributed by atoms with Crippen LogP contribution in [0.5, 0.6) is 23.0 Å². The van der Waals surface area contributed by atoms with Crippen LogP contribution >= 0.6 is 11.6 Å². The molecule has 0 fully saturated rings. The van der Waals surface area contributed by atoms with Crippen molar-refractivity contribution in [2.75, 3.05) is 27.4 Å². The van der Waals surface area contributed by atoms with Gasteiger partial charge in [-0.15, -0.1) is 0 Å². The predicted octanol–water partition coefficient (Wildman–Crippen LogP) is 4.96. The van der Waals surface area contributed by atoms with E-state index in [1.165, 1.54) is 20.4 Å². The van der Waals surface area contributed by atoms with Gasteiger partial charge in [0.2, 0.25) is 0 Å². The SMILES string of the molecule is CCOC(=O)C1=C(C)NC(=O)N[C@@H]1c1ccc(OCC(=O)N/N=C\c2cc(Cl)c(OCc3ccc(C)cc3)c(OC)c2)c(OC)c1. The predicted molar refractivity (Wildman–Crippen MR) is 171 cm³/mol. The fourth-order valence-corrected chi connectivity index (χ4v) is 4.83. The number of urea groups is 1. The summed E-state index contributed by atoms with van der Waals surface area (Å²) in [5.74, 6) is 0.264. The molecule has 1 aliphatic rings. The number of benzene rings is 3. The third kappa shape index (κ3) is 8.48. The summed E-state index contributed by atoms with van der Waals surface area (Å²) in [5, 5.41) is 9.63. The first kappa shape index (κ1) is 33.7. The number of hydrazone groups is 1. The van der Waals surface area contributed by atoms with Crippen molar-refractivity contribution in [2.45, 2.75) is 33.4 Å². The Bertz CT molecular complexity index is 1660. The molecular weight excluding hydrogens is 616 g/mol. The van der Waals surface area contributed by atoms with E-state index in [0.717, 1.165) is 11.1 Å². The van der Waals surface area contributed by atoms with Gasteiger partial charge < -0.3 is 34.3 Å². The number of carbonyl (C=O) groups is 3. The number of nitrogens with zero attached hydrogens (tertiary/aromatic N) is 1. The van der Waals surface area contributed by atoms with E-state index >= 15 is 0 Å². The summed E-state index contributed by atoms with van der Waals surface area (Å²) in [6.07, 6.45) is 1.41. The number of nitrogens with one attached hydrogen (secondary N) is 3. The van der Waals surface area contributed by atoms with E-state index in [9.17, 15) is 14.4 Å². The van der Waals surface area contributed by atoms with E-state index in [1.807, 2.05) is 31.2 Å². The molecule has 0 aliphatic carbocycles. The molecule has 13 heteroatoms. The van der Waals surface area contributed by atoms with Gasteiger partial charge >= 0.3 is 12.0 Å². The minimum atomic E-state index is -0.783. The fraction of sp³-hybridized carbons (Fsp3) is 0.273. The van der Waals surface area contributed by atoms with Crippen LogP contribution in [0.1, 0.15) is 42.1 Å². The summed E-state index contributed by atoms with van der Waals surface area (Å²) in [5.41, 5.74) is 6.30. The zero-order chi connectivity index (χ0) is 33.2. The normalized spacial score (nSPS) is 14.3. The Hall–Kier alpha value is -5.23. The lowest BCUT2D eigenvalue weighted by Gasteiger charge is -2.28. The molecule has 1 atom stereocenters. The van der Waals surface area contributed by atoms with Crippen molar-refractivity contribution in [3.8, 4) is 23.0 Å². The zero-order valence-electron chi connectivity index (χ0n) is 26.1. The van der Waals surface area contributed by atoms with Crippen molar-refractivity contribution < 1.29 is 38.1 Å². The maximum atomic E-state index is 12.6. The van der Waals surface area contributed by atoms with Gasteiger partial charge in [-0.05, 0) is 61.7 Å². The Morgan fingerprint density at radius 2 is 1.72 bits per heavy atom. The number of ether oxygens (including phenoxy) is 5. The number of carbonyl (C=O) groups excluding carboxylic acids is 3. The number of amides is 3. The van der Waals surface area contributed by atoms with Crippen LogP contribution in [0.15, 0.2) is 71.0 Å². The summed E-state index contributed by atoms with van der Waals surface area (Å²) in [6.45, 7) is 5.45. The third-order valence-electron chi connectivity index (χ3n) is 6.80. The average Bonchev–Trinajstić information content (AvgIpc) is 3.03. The Morgan fingerprint density at radius 1 is 0.978 bits per heavy atom. The largest absolute Gasteiger partial charge is 0.493 e. The molecule has 46 heavy (non-hydrogen) atoms. The van der Waals surface area contributed by atoms with E-state index < -0.39 is 23.9 Å². The molecule has 0 aromatic heterocycles. The summed E-state index contributed by atoms with van der Waals surface area (Å²) in [6, 6.07) is 14.9. The topological polar surface area (TPSA) is 146 Å². The lowest BCUT2D eigenvalue weighted by molar-refractivity contribution is -0.139. The average molecular weight is 651 g/mol. The molecule has 0 spiro atoms. The molecule has 1 heterocycles. The first-order chi connectivity index (χ1) is 22.1. The lowest BCUT2D eigenvalue weighted by Crippen LogP contribution is -2.45. The van der Waals surface area contributed by atoms with Gasteiger partial charge in [-0.1, -0.05) is 47.5 Å². The molecule has 0 radical (unpaired) electrons. The summed E-state index contributed by atoms with van der Waals surface area (Å²) < 4.78 is 27.7. The highest BCUT2D eigenvalue weighted by Crippen LogP contribution is 2.37. The summed E-state index contributed by atoms with van der Waals surface area (Å²) in [7, 11) is 2.94. The second-order valence-corrected chi connectivity index (χ2v) is 10.5. The van der Waals surface area contributed by atoms with Crippen LogP contribution in [0.3, 0.4) is 0 Å².